The smallest absolute Gasteiger partial charge is 0.244 e. The van der Waals surface area contributed by atoms with Crippen LogP contribution in [0.15, 0.2) is 36.7 Å². The van der Waals surface area contributed by atoms with Gasteiger partial charge >= 0.3 is 0 Å². The average Bonchev–Trinajstić information content (AvgIpc) is 3.10. The van der Waals surface area contributed by atoms with Crippen LogP contribution in [-0.4, -0.2) is 38.7 Å². The normalized spacial score (nSPS) is 17.2. The van der Waals surface area contributed by atoms with Crippen LogP contribution in [0.3, 0.4) is 0 Å². The second-order valence-electron chi connectivity index (χ2n) is 5.96. The fraction of sp³-hybridized carbons (Fsp3) is 0.471. The minimum absolute atomic E-state index is 0.00612. The number of carbonyl (C=O) groups is 1. The Balaban J connectivity index is 1.61. The van der Waals surface area contributed by atoms with E-state index in [0.29, 0.717) is 5.92 Å². The maximum atomic E-state index is 12.6. The summed E-state index contributed by atoms with van der Waals surface area (Å²) < 4.78 is 2.08. The lowest BCUT2D eigenvalue weighted by Crippen LogP contribution is -2.43. The monoisotopic (exact) mass is 313 g/mol. The Bertz CT molecular complexity index is 646. The van der Waals surface area contributed by atoms with Gasteiger partial charge in [0.1, 0.15) is 18.2 Å². The molecule has 1 aliphatic heterocycles. The van der Waals surface area contributed by atoms with Crippen LogP contribution in [0.5, 0.6) is 0 Å². The summed E-state index contributed by atoms with van der Waals surface area (Å²) in [5.41, 5.74) is 6.99. The number of amides is 1. The standard InChI is InChI=1S/C17H23N5O/c1-2-21-12-19-20-16(21)14-8-10-22(11-9-14)17(23)15(18)13-6-4-3-5-7-13/h3-7,12,14-15H,2,8-11,18H2,1H3/t15-/m0/s1. The van der Waals surface area contributed by atoms with E-state index in [0.717, 1.165) is 43.9 Å². The Labute approximate surface area is 136 Å². The summed E-state index contributed by atoms with van der Waals surface area (Å²) in [5, 5.41) is 8.25. The van der Waals surface area contributed by atoms with Crippen molar-refractivity contribution in [1.82, 2.24) is 19.7 Å². The van der Waals surface area contributed by atoms with Crippen molar-refractivity contribution in [3.05, 3.63) is 48.0 Å². The zero-order valence-electron chi connectivity index (χ0n) is 13.4. The lowest BCUT2D eigenvalue weighted by molar-refractivity contribution is -0.133. The van der Waals surface area contributed by atoms with E-state index < -0.39 is 6.04 Å². The summed E-state index contributed by atoms with van der Waals surface area (Å²) in [7, 11) is 0. The molecule has 2 heterocycles. The van der Waals surface area contributed by atoms with Crippen molar-refractivity contribution in [3.63, 3.8) is 0 Å². The van der Waals surface area contributed by atoms with Crippen molar-refractivity contribution in [2.75, 3.05) is 13.1 Å². The number of benzene rings is 1. The molecule has 0 aliphatic carbocycles. The molecule has 0 saturated carbocycles. The summed E-state index contributed by atoms with van der Waals surface area (Å²) in [6.45, 7) is 4.41. The average molecular weight is 313 g/mol. The molecular formula is C17H23N5O. The van der Waals surface area contributed by atoms with Gasteiger partial charge in [-0.2, -0.15) is 0 Å². The van der Waals surface area contributed by atoms with E-state index in [1.54, 1.807) is 6.33 Å². The number of hydrogen-bond acceptors (Lipinski definition) is 4. The Kier molecular flexibility index (Phi) is 4.71. The molecule has 1 fully saturated rings. The highest BCUT2D eigenvalue weighted by atomic mass is 16.2. The van der Waals surface area contributed by atoms with Crippen LogP contribution in [0, 0.1) is 0 Å². The van der Waals surface area contributed by atoms with Crippen LogP contribution in [0.2, 0.25) is 0 Å². The Hall–Kier alpha value is -2.21. The van der Waals surface area contributed by atoms with E-state index in [2.05, 4.69) is 21.7 Å². The molecule has 6 heteroatoms. The highest BCUT2D eigenvalue weighted by molar-refractivity contribution is 5.83. The number of likely N-dealkylation sites (tertiary alicyclic amines) is 1. The Morgan fingerprint density at radius 3 is 2.65 bits per heavy atom. The number of nitrogens with two attached hydrogens (primary N) is 1. The molecule has 2 N–H and O–H groups in total. The summed E-state index contributed by atoms with van der Waals surface area (Å²) >= 11 is 0. The number of nitrogens with zero attached hydrogens (tertiary/aromatic N) is 4. The van der Waals surface area contributed by atoms with Crippen molar-refractivity contribution in [2.45, 2.75) is 38.3 Å². The second-order valence-corrected chi connectivity index (χ2v) is 5.96. The van der Waals surface area contributed by atoms with E-state index in [-0.39, 0.29) is 5.91 Å². The molecule has 2 aromatic rings. The van der Waals surface area contributed by atoms with Crippen molar-refractivity contribution in [2.24, 2.45) is 5.73 Å². The van der Waals surface area contributed by atoms with Gasteiger partial charge in [0.15, 0.2) is 0 Å². The topological polar surface area (TPSA) is 77.0 Å². The van der Waals surface area contributed by atoms with Crippen molar-refractivity contribution in [1.29, 1.82) is 0 Å². The Morgan fingerprint density at radius 1 is 1.30 bits per heavy atom. The van der Waals surface area contributed by atoms with Crippen LogP contribution in [-0.2, 0) is 11.3 Å². The quantitative estimate of drug-likeness (QED) is 0.932. The van der Waals surface area contributed by atoms with E-state index in [4.69, 9.17) is 5.73 Å². The molecule has 0 radical (unpaired) electrons. The molecule has 0 spiro atoms. The van der Waals surface area contributed by atoms with Gasteiger partial charge in [-0.05, 0) is 25.3 Å². The third-order valence-corrected chi connectivity index (χ3v) is 4.58. The molecule has 1 saturated heterocycles. The molecule has 3 rings (SSSR count). The first kappa shape index (κ1) is 15.7. The summed E-state index contributed by atoms with van der Waals surface area (Å²) in [6.07, 6.45) is 3.59. The van der Waals surface area contributed by atoms with Gasteiger partial charge in [0, 0.05) is 25.6 Å². The van der Waals surface area contributed by atoms with Gasteiger partial charge in [-0.3, -0.25) is 4.79 Å². The predicted molar refractivity (Wildman–Crippen MR) is 87.6 cm³/mol. The molecular weight excluding hydrogens is 290 g/mol. The maximum absolute atomic E-state index is 12.6. The molecule has 23 heavy (non-hydrogen) atoms. The summed E-state index contributed by atoms with van der Waals surface area (Å²) in [5.74, 6) is 1.41. The van der Waals surface area contributed by atoms with Crippen molar-refractivity contribution < 1.29 is 4.79 Å². The minimum Gasteiger partial charge on any atom is -0.341 e. The molecule has 1 amide bonds. The fourth-order valence-electron chi connectivity index (χ4n) is 3.18. The van der Waals surface area contributed by atoms with Crippen molar-refractivity contribution >= 4 is 5.91 Å². The molecule has 1 aromatic heterocycles. The molecule has 1 atom stereocenters. The number of rotatable bonds is 4. The molecule has 122 valence electrons. The summed E-state index contributed by atoms with van der Waals surface area (Å²) in [6, 6.07) is 8.97. The van der Waals surface area contributed by atoms with Gasteiger partial charge in [-0.1, -0.05) is 30.3 Å². The van der Waals surface area contributed by atoms with Crippen LogP contribution in [0.25, 0.3) is 0 Å². The third kappa shape index (κ3) is 3.27. The van der Waals surface area contributed by atoms with Crippen LogP contribution < -0.4 is 5.73 Å². The third-order valence-electron chi connectivity index (χ3n) is 4.58. The lowest BCUT2D eigenvalue weighted by atomic mass is 9.95. The van der Waals surface area contributed by atoms with E-state index >= 15 is 0 Å². The van der Waals surface area contributed by atoms with Gasteiger partial charge in [-0.15, -0.1) is 10.2 Å². The van der Waals surface area contributed by atoms with Crippen LogP contribution >= 0.6 is 0 Å². The number of carbonyl (C=O) groups excluding carboxylic acids is 1. The maximum Gasteiger partial charge on any atom is 0.244 e. The zero-order valence-corrected chi connectivity index (χ0v) is 13.4. The number of aryl methyl sites for hydroxylation is 1. The highest BCUT2D eigenvalue weighted by Gasteiger charge is 2.29. The first-order valence-electron chi connectivity index (χ1n) is 8.17. The highest BCUT2D eigenvalue weighted by Crippen LogP contribution is 2.27. The Morgan fingerprint density at radius 2 is 2.00 bits per heavy atom. The van der Waals surface area contributed by atoms with E-state index in [1.165, 1.54) is 0 Å². The van der Waals surface area contributed by atoms with E-state index in [1.807, 2.05) is 35.2 Å². The van der Waals surface area contributed by atoms with Crippen LogP contribution in [0.4, 0.5) is 0 Å². The first-order chi connectivity index (χ1) is 11.2. The fourth-order valence-corrected chi connectivity index (χ4v) is 3.18. The zero-order chi connectivity index (χ0) is 16.2. The largest absolute Gasteiger partial charge is 0.341 e. The van der Waals surface area contributed by atoms with E-state index in [9.17, 15) is 4.79 Å². The van der Waals surface area contributed by atoms with Gasteiger partial charge in [0.05, 0.1) is 0 Å². The molecule has 0 unspecified atom stereocenters. The lowest BCUT2D eigenvalue weighted by Gasteiger charge is -2.33. The number of piperidine rings is 1. The number of hydrogen-bond donors (Lipinski definition) is 1. The van der Waals surface area contributed by atoms with Crippen molar-refractivity contribution in [3.8, 4) is 0 Å². The number of aromatic nitrogens is 3. The SMILES string of the molecule is CCn1cnnc1C1CCN(C(=O)[C@@H](N)c2ccccc2)CC1. The van der Waals surface area contributed by atoms with Gasteiger partial charge in [0.2, 0.25) is 5.91 Å². The minimum atomic E-state index is -0.577. The summed E-state index contributed by atoms with van der Waals surface area (Å²) in [4.78, 5) is 14.5. The van der Waals surface area contributed by atoms with Gasteiger partial charge < -0.3 is 15.2 Å². The van der Waals surface area contributed by atoms with Crippen LogP contribution in [0.1, 0.15) is 43.1 Å². The predicted octanol–water partition coefficient (Wildman–Crippen LogP) is 1.70. The molecule has 1 aromatic carbocycles. The van der Waals surface area contributed by atoms with Gasteiger partial charge in [0.25, 0.3) is 0 Å². The molecule has 0 bridgehead atoms. The second kappa shape index (κ2) is 6.91. The molecule has 6 nitrogen and oxygen atoms in total. The van der Waals surface area contributed by atoms with Gasteiger partial charge in [-0.25, -0.2) is 0 Å². The first-order valence-corrected chi connectivity index (χ1v) is 8.17. The molecule has 1 aliphatic rings.